The Hall–Kier alpha value is -0.780. The normalized spacial score (nSPS) is 10.8. The minimum Gasteiger partial charge on any atom is -0.0654 e. The molecule has 0 N–H and O–H groups in total. The van der Waals surface area contributed by atoms with E-state index < -0.39 is 0 Å². The highest BCUT2D eigenvalue weighted by Gasteiger charge is 1.96. The van der Waals surface area contributed by atoms with Gasteiger partial charge in [-0.25, -0.2) is 0 Å². The zero-order valence-corrected chi connectivity index (χ0v) is 12.8. The van der Waals surface area contributed by atoms with E-state index in [0.29, 0.717) is 0 Å². The molecule has 0 nitrogen and oxygen atoms in total. The van der Waals surface area contributed by atoms with Crippen molar-refractivity contribution in [2.75, 3.05) is 0 Å². The molecule has 0 unspecified atom stereocenters. The lowest BCUT2D eigenvalue weighted by Gasteiger charge is -2.04. The summed E-state index contributed by atoms with van der Waals surface area (Å²) in [5.74, 6) is 0. The van der Waals surface area contributed by atoms with E-state index >= 15 is 0 Å². The molecule has 0 heterocycles. The largest absolute Gasteiger partial charge is 0.0654 e. The van der Waals surface area contributed by atoms with Crippen molar-refractivity contribution in [3.05, 3.63) is 42.3 Å². The lowest BCUT2D eigenvalue weighted by Crippen LogP contribution is -1.89. The van der Waals surface area contributed by atoms with E-state index in [0.717, 1.165) is 6.42 Å². The Morgan fingerprint density at radius 1 is 0.684 bits per heavy atom. The molecule has 1 aromatic carbocycles. The molecule has 0 aliphatic rings. The van der Waals surface area contributed by atoms with Gasteiger partial charge in [-0.15, -0.1) is 0 Å². The predicted molar refractivity (Wildman–Crippen MR) is 86.4 cm³/mol. The standard InChI is InChI=1S/C19H31/c1-3-5-7-8-9-11-13-19-16-14-18(15-17-19)12-10-6-4-2/h14-17H,2-13H2,1H3. The molecule has 19 heavy (non-hydrogen) atoms. The molecule has 0 amide bonds. The minimum atomic E-state index is 1.07. The Balaban J connectivity index is 2.13. The molecule has 0 aromatic heterocycles. The first-order chi connectivity index (χ1) is 9.36. The number of aryl methyl sites for hydroxylation is 2. The molecule has 0 bridgehead atoms. The van der Waals surface area contributed by atoms with Crippen LogP contribution in [0.1, 0.15) is 75.8 Å². The van der Waals surface area contributed by atoms with E-state index in [1.54, 1.807) is 0 Å². The highest BCUT2D eigenvalue weighted by Crippen LogP contribution is 2.12. The summed E-state index contributed by atoms with van der Waals surface area (Å²) in [6, 6.07) is 9.28. The Labute approximate surface area is 120 Å². The van der Waals surface area contributed by atoms with Gasteiger partial charge in [0.1, 0.15) is 0 Å². The van der Waals surface area contributed by atoms with Crippen molar-refractivity contribution >= 4 is 0 Å². The van der Waals surface area contributed by atoms with Crippen molar-refractivity contribution in [3.63, 3.8) is 0 Å². The van der Waals surface area contributed by atoms with Gasteiger partial charge in [0.05, 0.1) is 0 Å². The van der Waals surface area contributed by atoms with Crippen molar-refractivity contribution < 1.29 is 0 Å². The number of benzene rings is 1. The fraction of sp³-hybridized carbons (Fsp3) is 0.632. The van der Waals surface area contributed by atoms with Crippen LogP contribution >= 0.6 is 0 Å². The highest BCUT2D eigenvalue weighted by atomic mass is 14.0. The minimum absolute atomic E-state index is 1.07. The molecule has 0 spiro atoms. The summed E-state index contributed by atoms with van der Waals surface area (Å²) < 4.78 is 0. The summed E-state index contributed by atoms with van der Waals surface area (Å²) in [4.78, 5) is 0. The van der Waals surface area contributed by atoms with E-state index in [1.807, 2.05) is 0 Å². The maximum atomic E-state index is 3.89. The summed E-state index contributed by atoms with van der Waals surface area (Å²) in [5.41, 5.74) is 3.00. The maximum absolute atomic E-state index is 3.89. The summed E-state index contributed by atoms with van der Waals surface area (Å²) in [5, 5.41) is 0. The summed E-state index contributed by atoms with van der Waals surface area (Å²) in [7, 11) is 0. The molecule has 0 aliphatic carbocycles. The van der Waals surface area contributed by atoms with Crippen LogP contribution in [0.15, 0.2) is 24.3 Å². The molecule has 1 rings (SSSR count). The van der Waals surface area contributed by atoms with Crippen LogP contribution < -0.4 is 0 Å². The Bertz CT molecular complexity index is 296. The van der Waals surface area contributed by atoms with Gasteiger partial charge in [0.2, 0.25) is 0 Å². The topological polar surface area (TPSA) is 0 Å². The highest BCUT2D eigenvalue weighted by molar-refractivity contribution is 5.22. The average molecular weight is 259 g/mol. The van der Waals surface area contributed by atoms with Gasteiger partial charge in [-0.1, -0.05) is 83.1 Å². The molecular weight excluding hydrogens is 228 g/mol. The van der Waals surface area contributed by atoms with Gasteiger partial charge in [0, 0.05) is 0 Å². The van der Waals surface area contributed by atoms with E-state index in [9.17, 15) is 0 Å². The van der Waals surface area contributed by atoms with Gasteiger partial charge < -0.3 is 0 Å². The van der Waals surface area contributed by atoms with Gasteiger partial charge in [-0.2, -0.15) is 0 Å². The number of hydrogen-bond acceptors (Lipinski definition) is 0. The van der Waals surface area contributed by atoms with Gasteiger partial charge in [0.15, 0.2) is 0 Å². The Kier molecular flexibility index (Phi) is 9.49. The molecule has 0 aliphatic heterocycles. The predicted octanol–water partition coefficient (Wildman–Crippen LogP) is 6.14. The zero-order valence-electron chi connectivity index (χ0n) is 12.8. The lowest BCUT2D eigenvalue weighted by molar-refractivity contribution is 0.607. The fourth-order valence-corrected chi connectivity index (χ4v) is 2.49. The van der Waals surface area contributed by atoms with E-state index in [1.165, 1.54) is 75.3 Å². The number of unbranched alkanes of at least 4 members (excludes halogenated alkanes) is 7. The third-order valence-corrected chi connectivity index (χ3v) is 3.81. The first-order valence-corrected chi connectivity index (χ1v) is 8.24. The molecule has 0 atom stereocenters. The third-order valence-electron chi connectivity index (χ3n) is 3.81. The Morgan fingerprint density at radius 3 is 1.68 bits per heavy atom. The summed E-state index contributed by atoms with van der Waals surface area (Å²) in [6.07, 6.45) is 14.4. The van der Waals surface area contributed by atoms with Gasteiger partial charge in [-0.3, -0.25) is 0 Å². The monoisotopic (exact) mass is 259 g/mol. The van der Waals surface area contributed by atoms with Crippen LogP contribution in [0.2, 0.25) is 0 Å². The molecule has 0 saturated heterocycles. The first kappa shape index (κ1) is 16.3. The van der Waals surface area contributed by atoms with Crippen molar-refractivity contribution in [2.24, 2.45) is 0 Å². The zero-order chi connectivity index (χ0) is 13.8. The van der Waals surface area contributed by atoms with Crippen LogP contribution in [-0.4, -0.2) is 0 Å². The molecule has 0 saturated carbocycles. The van der Waals surface area contributed by atoms with Crippen molar-refractivity contribution in [1.29, 1.82) is 0 Å². The van der Waals surface area contributed by atoms with E-state index in [-0.39, 0.29) is 0 Å². The molecule has 0 heteroatoms. The van der Waals surface area contributed by atoms with Crippen LogP contribution in [-0.2, 0) is 12.8 Å². The summed E-state index contributed by atoms with van der Waals surface area (Å²) in [6.45, 7) is 6.17. The van der Waals surface area contributed by atoms with Crippen LogP contribution in [0.5, 0.6) is 0 Å². The van der Waals surface area contributed by atoms with Crippen molar-refractivity contribution in [2.45, 2.75) is 77.6 Å². The Morgan fingerprint density at radius 2 is 1.16 bits per heavy atom. The lowest BCUT2D eigenvalue weighted by atomic mass is 10.0. The summed E-state index contributed by atoms with van der Waals surface area (Å²) >= 11 is 0. The second kappa shape index (κ2) is 11.1. The van der Waals surface area contributed by atoms with Crippen LogP contribution in [0.3, 0.4) is 0 Å². The van der Waals surface area contributed by atoms with Crippen LogP contribution in [0.4, 0.5) is 0 Å². The number of rotatable bonds is 11. The molecule has 1 aromatic rings. The van der Waals surface area contributed by atoms with Crippen LogP contribution in [0.25, 0.3) is 0 Å². The molecule has 0 fully saturated rings. The molecule has 107 valence electrons. The van der Waals surface area contributed by atoms with E-state index in [2.05, 4.69) is 38.1 Å². The second-order valence-electron chi connectivity index (χ2n) is 5.64. The molecular formula is C19H31. The molecule has 1 radical (unpaired) electrons. The van der Waals surface area contributed by atoms with Gasteiger partial charge >= 0.3 is 0 Å². The van der Waals surface area contributed by atoms with Gasteiger partial charge in [0.25, 0.3) is 0 Å². The van der Waals surface area contributed by atoms with Crippen LogP contribution in [0, 0.1) is 6.92 Å². The smallest absolute Gasteiger partial charge is 0.0279 e. The fourth-order valence-electron chi connectivity index (χ4n) is 2.49. The SMILES string of the molecule is [CH2]CCCCc1ccc(CCCCCCCC)cc1. The first-order valence-electron chi connectivity index (χ1n) is 8.24. The van der Waals surface area contributed by atoms with Crippen molar-refractivity contribution in [3.8, 4) is 0 Å². The van der Waals surface area contributed by atoms with Gasteiger partial charge in [-0.05, 0) is 36.8 Å². The van der Waals surface area contributed by atoms with E-state index in [4.69, 9.17) is 0 Å². The average Bonchev–Trinajstić information content (AvgIpc) is 2.44. The van der Waals surface area contributed by atoms with Crippen molar-refractivity contribution in [1.82, 2.24) is 0 Å². The number of hydrogen-bond donors (Lipinski definition) is 0. The third kappa shape index (κ3) is 8.08. The second-order valence-corrected chi connectivity index (χ2v) is 5.64. The quantitative estimate of drug-likeness (QED) is 0.419. The maximum Gasteiger partial charge on any atom is -0.0279 e.